The molecule has 2 heteroatoms. The van der Waals surface area contributed by atoms with Crippen molar-refractivity contribution in [3.05, 3.63) is 59.7 Å². The normalized spacial score (nSPS) is 19.9. The molecule has 1 aromatic rings. The van der Waals surface area contributed by atoms with E-state index < -0.39 is 0 Å². The van der Waals surface area contributed by atoms with Crippen LogP contribution in [0.2, 0.25) is 0 Å². The first-order valence-electron chi connectivity index (χ1n) is 7.48. The van der Waals surface area contributed by atoms with Gasteiger partial charge in [0.1, 0.15) is 0 Å². The fourth-order valence-corrected chi connectivity index (χ4v) is 3.27. The highest BCUT2D eigenvalue weighted by Gasteiger charge is 2.22. The van der Waals surface area contributed by atoms with Crippen LogP contribution in [0.3, 0.4) is 0 Å². The minimum absolute atomic E-state index is 0.0297. The van der Waals surface area contributed by atoms with Crippen molar-refractivity contribution in [2.24, 2.45) is 0 Å². The lowest BCUT2D eigenvalue weighted by atomic mass is 10.1. The zero-order chi connectivity index (χ0) is 13.9. The van der Waals surface area contributed by atoms with Gasteiger partial charge in [0.05, 0.1) is 6.04 Å². The van der Waals surface area contributed by atoms with Gasteiger partial charge in [-0.3, -0.25) is 4.79 Å². The summed E-state index contributed by atoms with van der Waals surface area (Å²) in [5.41, 5.74) is 4.19. The number of amides is 1. The lowest BCUT2D eigenvalue weighted by Crippen LogP contribution is -2.36. The number of rotatable bonds is 4. The van der Waals surface area contributed by atoms with Crippen molar-refractivity contribution < 1.29 is 4.79 Å². The molecular weight excluding hydrogens is 246 g/mol. The summed E-state index contributed by atoms with van der Waals surface area (Å²) in [7, 11) is 0. The van der Waals surface area contributed by atoms with Gasteiger partial charge in [0.25, 0.3) is 0 Å². The van der Waals surface area contributed by atoms with Gasteiger partial charge in [-0.15, -0.1) is 0 Å². The van der Waals surface area contributed by atoms with Crippen LogP contribution in [0.5, 0.6) is 0 Å². The molecule has 0 saturated heterocycles. The van der Waals surface area contributed by atoms with E-state index in [-0.39, 0.29) is 11.9 Å². The molecule has 0 bridgehead atoms. The van der Waals surface area contributed by atoms with Crippen molar-refractivity contribution in [1.29, 1.82) is 0 Å². The molecule has 0 spiro atoms. The van der Waals surface area contributed by atoms with Crippen LogP contribution in [-0.4, -0.2) is 16.8 Å². The molecule has 0 N–H and O–H groups in total. The molecule has 2 aliphatic rings. The monoisotopic (exact) mass is 267 g/mol. The van der Waals surface area contributed by atoms with E-state index in [0.29, 0.717) is 6.54 Å². The zero-order valence-electron chi connectivity index (χ0n) is 11.8. The Bertz CT molecular complexity index is 559. The summed E-state index contributed by atoms with van der Waals surface area (Å²) < 4.78 is 0. The Hall–Kier alpha value is -1.83. The molecule has 2 nitrogen and oxygen atoms in total. The lowest BCUT2D eigenvalue weighted by Gasteiger charge is -2.27. The van der Waals surface area contributed by atoms with E-state index in [1.807, 2.05) is 4.90 Å². The Morgan fingerprint density at radius 2 is 2.20 bits per heavy atom. The van der Waals surface area contributed by atoms with E-state index in [1.54, 1.807) is 0 Å². The molecule has 1 atom stereocenters. The third-order valence-corrected chi connectivity index (χ3v) is 4.36. The Morgan fingerprint density at radius 3 is 2.95 bits per heavy atom. The Labute approximate surface area is 120 Å². The van der Waals surface area contributed by atoms with Crippen molar-refractivity contribution in [1.82, 2.24) is 4.90 Å². The maximum absolute atomic E-state index is 12.1. The Balaban J connectivity index is 1.80. The Kier molecular flexibility index (Phi) is 3.72. The number of fused-ring (bicyclic) bond motifs is 1. The maximum Gasteiger partial charge on any atom is 0.246 e. The predicted molar refractivity (Wildman–Crippen MR) is 81.4 cm³/mol. The minimum atomic E-state index is 0.0297. The number of carbonyl (C=O) groups excluding carboxylic acids is 1. The molecule has 1 amide bonds. The highest BCUT2D eigenvalue weighted by atomic mass is 16.2. The number of benzene rings is 1. The van der Waals surface area contributed by atoms with Gasteiger partial charge < -0.3 is 4.90 Å². The topological polar surface area (TPSA) is 20.3 Å². The van der Waals surface area contributed by atoms with Crippen LogP contribution < -0.4 is 0 Å². The lowest BCUT2D eigenvalue weighted by molar-refractivity contribution is -0.128. The summed E-state index contributed by atoms with van der Waals surface area (Å²) in [5.74, 6) is 0.0297. The van der Waals surface area contributed by atoms with Crippen LogP contribution in [0.4, 0.5) is 0 Å². The van der Waals surface area contributed by atoms with Crippen LogP contribution in [0, 0.1) is 0 Å². The molecule has 0 aromatic heterocycles. The second kappa shape index (κ2) is 5.66. The minimum Gasteiger partial charge on any atom is -0.328 e. The van der Waals surface area contributed by atoms with Gasteiger partial charge in [-0.2, -0.15) is 0 Å². The van der Waals surface area contributed by atoms with Gasteiger partial charge in [0.15, 0.2) is 0 Å². The number of allylic oxidation sites excluding steroid dienone is 1. The summed E-state index contributed by atoms with van der Waals surface area (Å²) in [6.45, 7) is 4.32. The van der Waals surface area contributed by atoms with Crippen LogP contribution in [0.25, 0.3) is 0 Å². The summed E-state index contributed by atoms with van der Waals surface area (Å²) in [6.07, 6.45) is 11.5. The first-order valence-corrected chi connectivity index (χ1v) is 7.48. The van der Waals surface area contributed by atoms with E-state index in [2.05, 4.69) is 36.9 Å². The third-order valence-electron chi connectivity index (χ3n) is 4.36. The third kappa shape index (κ3) is 2.55. The molecule has 104 valence electrons. The average molecular weight is 267 g/mol. The molecule has 1 aromatic carbocycles. The SMILES string of the molecule is C=CC(=O)N(Cc1ccc2c(c1)CCC2)C1C=CCC1. The standard InChI is InChI=1S/C18H21NO/c1-2-18(20)19(17-8-3-4-9-17)13-14-10-11-15-6-5-7-16(15)12-14/h2-3,8,10-12,17H,1,4-7,9,13H2. The maximum atomic E-state index is 12.1. The molecule has 20 heavy (non-hydrogen) atoms. The van der Waals surface area contributed by atoms with Gasteiger partial charge in [-0.1, -0.05) is 36.9 Å². The second-order valence-corrected chi connectivity index (χ2v) is 5.70. The van der Waals surface area contributed by atoms with Crippen molar-refractivity contribution in [3.63, 3.8) is 0 Å². The molecule has 0 heterocycles. The predicted octanol–water partition coefficient (Wildman–Crippen LogP) is 3.41. The fraction of sp³-hybridized carbons (Fsp3) is 0.389. The second-order valence-electron chi connectivity index (χ2n) is 5.70. The van der Waals surface area contributed by atoms with Gasteiger partial charge in [0.2, 0.25) is 5.91 Å². The summed E-state index contributed by atoms with van der Waals surface area (Å²) in [4.78, 5) is 14.0. The summed E-state index contributed by atoms with van der Waals surface area (Å²) in [5, 5.41) is 0. The molecular formula is C18H21NO. The average Bonchev–Trinajstić information content (AvgIpc) is 3.14. The molecule has 1 unspecified atom stereocenters. The molecule has 3 rings (SSSR count). The highest BCUT2D eigenvalue weighted by molar-refractivity contribution is 5.87. The quantitative estimate of drug-likeness (QED) is 0.605. The van der Waals surface area contributed by atoms with E-state index in [4.69, 9.17) is 0 Å². The smallest absolute Gasteiger partial charge is 0.246 e. The van der Waals surface area contributed by atoms with E-state index >= 15 is 0 Å². The molecule has 0 aliphatic heterocycles. The number of hydrogen-bond donors (Lipinski definition) is 0. The van der Waals surface area contributed by atoms with Crippen LogP contribution in [0.1, 0.15) is 36.0 Å². The molecule has 0 radical (unpaired) electrons. The van der Waals surface area contributed by atoms with Crippen molar-refractivity contribution in [2.75, 3.05) is 0 Å². The van der Waals surface area contributed by atoms with Crippen LogP contribution in [-0.2, 0) is 24.2 Å². The van der Waals surface area contributed by atoms with Crippen molar-refractivity contribution in [3.8, 4) is 0 Å². The first kappa shape index (κ1) is 13.2. The van der Waals surface area contributed by atoms with Gasteiger partial charge in [0, 0.05) is 6.54 Å². The fourth-order valence-electron chi connectivity index (χ4n) is 3.27. The van der Waals surface area contributed by atoms with Gasteiger partial charge >= 0.3 is 0 Å². The molecule has 0 fully saturated rings. The Morgan fingerprint density at radius 1 is 1.35 bits per heavy atom. The highest BCUT2D eigenvalue weighted by Crippen LogP contribution is 2.25. The summed E-state index contributed by atoms with van der Waals surface area (Å²) >= 11 is 0. The van der Waals surface area contributed by atoms with E-state index in [0.717, 1.165) is 12.8 Å². The molecule has 0 saturated carbocycles. The van der Waals surface area contributed by atoms with Gasteiger partial charge in [-0.05, 0) is 54.9 Å². The van der Waals surface area contributed by atoms with Crippen molar-refractivity contribution >= 4 is 5.91 Å². The number of carbonyl (C=O) groups is 1. The van der Waals surface area contributed by atoms with Crippen molar-refractivity contribution in [2.45, 2.75) is 44.7 Å². The molecule has 2 aliphatic carbocycles. The number of aryl methyl sites for hydroxylation is 2. The van der Waals surface area contributed by atoms with Crippen LogP contribution in [0.15, 0.2) is 43.0 Å². The largest absolute Gasteiger partial charge is 0.328 e. The summed E-state index contributed by atoms with van der Waals surface area (Å²) in [6, 6.07) is 6.92. The zero-order valence-corrected chi connectivity index (χ0v) is 11.8. The number of hydrogen-bond acceptors (Lipinski definition) is 1. The van der Waals surface area contributed by atoms with E-state index in [9.17, 15) is 4.79 Å². The van der Waals surface area contributed by atoms with Crippen LogP contribution >= 0.6 is 0 Å². The number of nitrogens with zero attached hydrogens (tertiary/aromatic N) is 1. The van der Waals surface area contributed by atoms with Gasteiger partial charge in [-0.25, -0.2) is 0 Å². The first-order chi connectivity index (χ1) is 9.78. The van der Waals surface area contributed by atoms with E-state index in [1.165, 1.54) is 42.0 Å².